The van der Waals surface area contributed by atoms with Crippen LogP contribution < -0.4 is 29.6 Å². The maximum atomic E-state index is 10.6. The van der Waals surface area contributed by atoms with Gasteiger partial charge in [-0.2, -0.15) is 0 Å². The number of rotatable bonds is 10. The number of methoxy groups -OCH3 is 3. The van der Waals surface area contributed by atoms with Gasteiger partial charge in [0.2, 0.25) is 0 Å². The SMILES string of the molecule is CCNC(=NCC(O)c1cc(OC)cc(OC)c1)Nc1ccc(OCC)c(OC)c1.I. The van der Waals surface area contributed by atoms with Crippen LogP contribution in [0.5, 0.6) is 23.0 Å². The third kappa shape index (κ3) is 7.98. The summed E-state index contributed by atoms with van der Waals surface area (Å²) < 4.78 is 21.5. The summed E-state index contributed by atoms with van der Waals surface area (Å²) in [5.41, 5.74) is 1.45. The van der Waals surface area contributed by atoms with Gasteiger partial charge in [-0.15, -0.1) is 24.0 Å². The van der Waals surface area contributed by atoms with Gasteiger partial charge in [0.25, 0.3) is 0 Å². The number of guanidine groups is 1. The second-order valence-electron chi connectivity index (χ2n) is 6.31. The van der Waals surface area contributed by atoms with Crippen LogP contribution in [0.4, 0.5) is 5.69 Å². The minimum absolute atomic E-state index is 0. The van der Waals surface area contributed by atoms with E-state index in [1.165, 1.54) is 0 Å². The summed E-state index contributed by atoms with van der Waals surface area (Å²) in [7, 11) is 4.74. The molecule has 0 aliphatic heterocycles. The summed E-state index contributed by atoms with van der Waals surface area (Å²) in [4.78, 5) is 4.50. The lowest BCUT2D eigenvalue weighted by molar-refractivity contribution is 0.186. The van der Waals surface area contributed by atoms with Crippen molar-refractivity contribution in [3.05, 3.63) is 42.0 Å². The zero-order chi connectivity index (χ0) is 21.9. The first-order chi connectivity index (χ1) is 14.5. The van der Waals surface area contributed by atoms with Crippen molar-refractivity contribution in [1.82, 2.24) is 5.32 Å². The Morgan fingerprint density at radius 2 is 1.65 bits per heavy atom. The van der Waals surface area contributed by atoms with Gasteiger partial charge in [-0.25, -0.2) is 4.99 Å². The summed E-state index contributed by atoms with van der Waals surface area (Å²) >= 11 is 0. The monoisotopic (exact) mass is 545 g/mol. The minimum Gasteiger partial charge on any atom is -0.497 e. The highest BCUT2D eigenvalue weighted by Crippen LogP contribution is 2.30. The highest BCUT2D eigenvalue weighted by molar-refractivity contribution is 14.0. The number of ether oxygens (including phenoxy) is 4. The van der Waals surface area contributed by atoms with Crippen molar-refractivity contribution in [2.45, 2.75) is 20.0 Å². The zero-order valence-corrected chi connectivity index (χ0v) is 20.9. The van der Waals surface area contributed by atoms with Gasteiger partial charge in [0.1, 0.15) is 11.5 Å². The van der Waals surface area contributed by atoms with Crippen LogP contribution in [-0.2, 0) is 0 Å². The Labute approximate surface area is 201 Å². The zero-order valence-electron chi connectivity index (χ0n) is 18.6. The average Bonchev–Trinajstić information content (AvgIpc) is 2.77. The van der Waals surface area contributed by atoms with Crippen LogP contribution in [0.2, 0.25) is 0 Å². The molecular weight excluding hydrogens is 513 g/mol. The molecular formula is C22H32IN3O5. The molecule has 0 saturated carbocycles. The molecule has 2 rings (SSSR count). The third-order valence-corrected chi connectivity index (χ3v) is 4.25. The van der Waals surface area contributed by atoms with Crippen molar-refractivity contribution in [3.63, 3.8) is 0 Å². The minimum atomic E-state index is -0.820. The summed E-state index contributed by atoms with van der Waals surface area (Å²) in [6, 6.07) is 10.8. The molecule has 0 aromatic heterocycles. The van der Waals surface area contributed by atoms with Gasteiger partial charge in [0.05, 0.1) is 40.6 Å². The van der Waals surface area contributed by atoms with Gasteiger partial charge in [-0.1, -0.05) is 0 Å². The molecule has 172 valence electrons. The van der Waals surface area contributed by atoms with E-state index in [4.69, 9.17) is 18.9 Å². The van der Waals surface area contributed by atoms with E-state index in [1.54, 1.807) is 39.5 Å². The number of nitrogens with zero attached hydrogens (tertiary/aromatic N) is 1. The Balaban J connectivity index is 0.00000480. The predicted octanol–water partition coefficient (Wildman–Crippen LogP) is 3.84. The first-order valence-electron chi connectivity index (χ1n) is 9.81. The quantitative estimate of drug-likeness (QED) is 0.237. The number of aliphatic imine (C=N–C) groups is 1. The van der Waals surface area contributed by atoms with Crippen molar-refractivity contribution < 1.29 is 24.1 Å². The second-order valence-corrected chi connectivity index (χ2v) is 6.31. The second kappa shape index (κ2) is 13.8. The van der Waals surface area contributed by atoms with E-state index in [0.29, 0.717) is 47.7 Å². The number of hydrogen-bond donors (Lipinski definition) is 3. The van der Waals surface area contributed by atoms with Gasteiger partial charge in [-0.05, 0) is 43.7 Å². The van der Waals surface area contributed by atoms with E-state index in [9.17, 15) is 5.11 Å². The molecule has 0 aliphatic carbocycles. The van der Waals surface area contributed by atoms with E-state index in [-0.39, 0.29) is 30.5 Å². The highest BCUT2D eigenvalue weighted by atomic mass is 127. The molecule has 0 heterocycles. The molecule has 3 N–H and O–H groups in total. The molecule has 1 atom stereocenters. The summed E-state index contributed by atoms with van der Waals surface area (Å²) in [6.07, 6.45) is -0.820. The third-order valence-electron chi connectivity index (χ3n) is 4.25. The number of nitrogens with one attached hydrogen (secondary N) is 2. The summed E-state index contributed by atoms with van der Waals surface area (Å²) in [5.74, 6) is 3.06. The van der Waals surface area contributed by atoms with Gasteiger partial charge < -0.3 is 34.7 Å². The average molecular weight is 545 g/mol. The molecule has 0 aliphatic rings. The molecule has 2 aromatic carbocycles. The largest absolute Gasteiger partial charge is 0.497 e. The Morgan fingerprint density at radius 3 is 2.19 bits per heavy atom. The molecule has 31 heavy (non-hydrogen) atoms. The Bertz CT molecular complexity index is 826. The topological polar surface area (TPSA) is 93.6 Å². The number of aliphatic hydroxyl groups is 1. The van der Waals surface area contributed by atoms with Gasteiger partial charge in [0.15, 0.2) is 17.5 Å². The van der Waals surface area contributed by atoms with Crippen LogP contribution in [0, 0.1) is 0 Å². The maximum absolute atomic E-state index is 10.6. The fraction of sp³-hybridized carbons (Fsp3) is 0.409. The van der Waals surface area contributed by atoms with Gasteiger partial charge in [0, 0.05) is 24.4 Å². The molecule has 0 bridgehead atoms. The summed E-state index contributed by atoms with van der Waals surface area (Å²) in [6.45, 7) is 5.27. The summed E-state index contributed by atoms with van der Waals surface area (Å²) in [5, 5.41) is 17.0. The van der Waals surface area contributed by atoms with Crippen LogP contribution in [0.1, 0.15) is 25.5 Å². The molecule has 0 fully saturated rings. The fourth-order valence-corrected chi connectivity index (χ4v) is 2.77. The van der Waals surface area contributed by atoms with Crippen molar-refractivity contribution in [2.24, 2.45) is 4.99 Å². The van der Waals surface area contributed by atoms with E-state index < -0.39 is 6.10 Å². The van der Waals surface area contributed by atoms with Crippen molar-refractivity contribution >= 4 is 35.6 Å². The van der Waals surface area contributed by atoms with Crippen LogP contribution >= 0.6 is 24.0 Å². The number of benzene rings is 2. The fourth-order valence-electron chi connectivity index (χ4n) is 2.77. The molecule has 0 spiro atoms. The molecule has 0 saturated heterocycles. The maximum Gasteiger partial charge on any atom is 0.195 e. The number of halogens is 1. The van der Waals surface area contributed by atoms with Gasteiger partial charge >= 0.3 is 0 Å². The molecule has 0 radical (unpaired) electrons. The van der Waals surface area contributed by atoms with E-state index in [1.807, 2.05) is 32.0 Å². The molecule has 1 unspecified atom stereocenters. The normalized spacial score (nSPS) is 11.7. The predicted molar refractivity (Wildman–Crippen MR) is 134 cm³/mol. The Hall–Kier alpha value is -2.40. The van der Waals surface area contributed by atoms with Crippen LogP contribution in [0.25, 0.3) is 0 Å². The van der Waals surface area contributed by atoms with Crippen molar-refractivity contribution in [1.29, 1.82) is 0 Å². The van der Waals surface area contributed by atoms with Crippen LogP contribution in [-0.4, -0.2) is 52.1 Å². The van der Waals surface area contributed by atoms with Crippen molar-refractivity contribution in [3.8, 4) is 23.0 Å². The first kappa shape index (κ1) is 26.6. The molecule has 9 heteroatoms. The molecule has 2 aromatic rings. The van der Waals surface area contributed by atoms with Crippen LogP contribution in [0.15, 0.2) is 41.4 Å². The highest BCUT2D eigenvalue weighted by Gasteiger charge is 2.12. The number of anilines is 1. The van der Waals surface area contributed by atoms with E-state index in [0.717, 1.165) is 5.69 Å². The first-order valence-corrected chi connectivity index (χ1v) is 9.81. The van der Waals surface area contributed by atoms with E-state index in [2.05, 4.69) is 15.6 Å². The lowest BCUT2D eigenvalue weighted by atomic mass is 10.1. The molecule has 0 amide bonds. The smallest absolute Gasteiger partial charge is 0.195 e. The Kier molecular flexibility index (Phi) is 11.9. The Morgan fingerprint density at radius 1 is 0.968 bits per heavy atom. The lowest BCUT2D eigenvalue weighted by Gasteiger charge is -2.16. The molecule has 8 nitrogen and oxygen atoms in total. The van der Waals surface area contributed by atoms with Crippen molar-refractivity contribution in [2.75, 3.05) is 46.3 Å². The number of hydrogen-bond acceptors (Lipinski definition) is 6. The lowest BCUT2D eigenvalue weighted by Crippen LogP contribution is -2.31. The van der Waals surface area contributed by atoms with E-state index >= 15 is 0 Å². The standard InChI is InChI=1S/C22H31N3O5.HI/c1-6-23-22(25-16-8-9-20(30-7-2)21(12-16)29-5)24-14-19(26)15-10-17(27-3)13-18(11-15)28-4;/h8-13,19,26H,6-7,14H2,1-5H3,(H2,23,24,25);1H. The number of aliphatic hydroxyl groups excluding tert-OH is 1. The van der Waals surface area contributed by atoms with Crippen LogP contribution in [0.3, 0.4) is 0 Å². The van der Waals surface area contributed by atoms with Gasteiger partial charge in [-0.3, -0.25) is 0 Å².